The third-order valence-electron chi connectivity index (χ3n) is 3.15. The number of hydrazone groups is 1. The molecule has 6 nitrogen and oxygen atoms in total. The number of para-hydroxylation sites is 1. The smallest absolute Gasteiger partial charge is 0.329 e. The van der Waals surface area contributed by atoms with Gasteiger partial charge in [-0.25, -0.2) is 5.43 Å². The molecule has 25 heavy (non-hydrogen) atoms. The summed E-state index contributed by atoms with van der Waals surface area (Å²) in [6.07, 6.45) is 1.45. The highest BCUT2D eigenvalue weighted by Crippen LogP contribution is 2.17. The fourth-order valence-electron chi connectivity index (χ4n) is 1.99. The SMILES string of the molecule is CC(C)NC(=O)C(=O)N/N=C/c1ccccc1OCc1ccccc1. The van der Waals surface area contributed by atoms with Gasteiger partial charge in [0.05, 0.1) is 6.21 Å². The average Bonchev–Trinajstić information content (AvgIpc) is 2.61. The van der Waals surface area contributed by atoms with E-state index in [9.17, 15) is 9.59 Å². The van der Waals surface area contributed by atoms with Crippen molar-refractivity contribution >= 4 is 18.0 Å². The Bertz CT molecular complexity index is 743. The number of benzene rings is 2. The highest BCUT2D eigenvalue weighted by Gasteiger charge is 2.13. The van der Waals surface area contributed by atoms with Crippen LogP contribution in [-0.4, -0.2) is 24.1 Å². The van der Waals surface area contributed by atoms with E-state index in [0.29, 0.717) is 17.9 Å². The quantitative estimate of drug-likeness (QED) is 0.481. The molecule has 0 spiro atoms. The molecule has 0 unspecified atom stereocenters. The highest BCUT2D eigenvalue weighted by atomic mass is 16.5. The summed E-state index contributed by atoms with van der Waals surface area (Å²) in [6.45, 7) is 3.97. The van der Waals surface area contributed by atoms with E-state index < -0.39 is 11.8 Å². The predicted octanol–water partition coefficient (Wildman–Crippen LogP) is 2.24. The van der Waals surface area contributed by atoms with Gasteiger partial charge in [0.1, 0.15) is 12.4 Å². The first-order chi connectivity index (χ1) is 12.1. The van der Waals surface area contributed by atoms with Gasteiger partial charge >= 0.3 is 11.8 Å². The summed E-state index contributed by atoms with van der Waals surface area (Å²) in [4.78, 5) is 23.1. The molecule has 0 heterocycles. The first kappa shape index (κ1) is 18.2. The molecule has 0 aliphatic carbocycles. The Kier molecular flexibility index (Phi) is 6.71. The molecule has 0 saturated heterocycles. The van der Waals surface area contributed by atoms with Crippen molar-refractivity contribution in [1.82, 2.24) is 10.7 Å². The maximum atomic E-state index is 11.6. The summed E-state index contributed by atoms with van der Waals surface area (Å²) in [6, 6.07) is 17.0. The normalized spacial score (nSPS) is 10.7. The van der Waals surface area contributed by atoms with Crippen LogP contribution in [-0.2, 0) is 16.2 Å². The number of ether oxygens (including phenoxy) is 1. The summed E-state index contributed by atoms with van der Waals surface area (Å²) < 4.78 is 5.80. The molecule has 2 N–H and O–H groups in total. The molecule has 0 aliphatic heterocycles. The van der Waals surface area contributed by atoms with Gasteiger partial charge in [-0.3, -0.25) is 9.59 Å². The zero-order chi connectivity index (χ0) is 18.1. The molecule has 0 radical (unpaired) electrons. The molecule has 2 rings (SSSR count). The van der Waals surface area contributed by atoms with Crippen LogP contribution in [0.15, 0.2) is 59.7 Å². The lowest BCUT2D eigenvalue weighted by molar-refractivity contribution is -0.139. The van der Waals surface area contributed by atoms with Crippen molar-refractivity contribution in [2.45, 2.75) is 26.5 Å². The maximum Gasteiger partial charge on any atom is 0.329 e. The van der Waals surface area contributed by atoms with Gasteiger partial charge in [0.25, 0.3) is 0 Å². The van der Waals surface area contributed by atoms with Gasteiger partial charge in [0.2, 0.25) is 0 Å². The van der Waals surface area contributed by atoms with Crippen LogP contribution in [0.3, 0.4) is 0 Å². The number of hydrogen-bond acceptors (Lipinski definition) is 4. The van der Waals surface area contributed by atoms with E-state index in [4.69, 9.17) is 4.74 Å². The van der Waals surface area contributed by atoms with Gasteiger partial charge < -0.3 is 10.1 Å². The Morgan fingerprint density at radius 1 is 1.04 bits per heavy atom. The number of hydrogen-bond donors (Lipinski definition) is 2. The van der Waals surface area contributed by atoms with Gasteiger partial charge in [0, 0.05) is 11.6 Å². The van der Waals surface area contributed by atoms with E-state index in [0.717, 1.165) is 5.56 Å². The third kappa shape index (κ3) is 6.10. The Labute approximate surface area is 146 Å². The number of nitrogens with one attached hydrogen (secondary N) is 2. The van der Waals surface area contributed by atoms with Crippen molar-refractivity contribution in [3.63, 3.8) is 0 Å². The largest absolute Gasteiger partial charge is 0.488 e. The highest BCUT2D eigenvalue weighted by molar-refractivity contribution is 6.35. The molecule has 6 heteroatoms. The van der Waals surface area contributed by atoms with E-state index in [1.165, 1.54) is 6.21 Å². The van der Waals surface area contributed by atoms with Gasteiger partial charge in [-0.15, -0.1) is 0 Å². The Hall–Kier alpha value is -3.15. The molecule has 0 aliphatic rings. The Balaban J connectivity index is 1.95. The number of rotatable bonds is 6. The molecule has 2 aromatic carbocycles. The van der Waals surface area contributed by atoms with E-state index in [-0.39, 0.29) is 6.04 Å². The lowest BCUT2D eigenvalue weighted by atomic mass is 10.2. The minimum absolute atomic E-state index is 0.116. The van der Waals surface area contributed by atoms with Crippen LogP contribution in [0.5, 0.6) is 5.75 Å². The van der Waals surface area contributed by atoms with Crippen LogP contribution in [0, 0.1) is 0 Å². The number of carbonyl (C=O) groups is 2. The number of amides is 2. The average molecular weight is 339 g/mol. The molecule has 0 aromatic heterocycles. The van der Waals surface area contributed by atoms with Crippen LogP contribution in [0.1, 0.15) is 25.0 Å². The second kappa shape index (κ2) is 9.22. The summed E-state index contributed by atoms with van der Waals surface area (Å²) in [5, 5.41) is 6.31. The number of nitrogens with zero attached hydrogens (tertiary/aromatic N) is 1. The minimum Gasteiger partial charge on any atom is -0.488 e. The van der Waals surface area contributed by atoms with Crippen LogP contribution < -0.4 is 15.5 Å². The van der Waals surface area contributed by atoms with Crippen molar-refractivity contribution in [3.05, 3.63) is 65.7 Å². The maximum absolute atomic E-state index is 11.6. The van der Waals surface area contributed by atoms with Crippen LogP contribution in [0.4, 0.5) is 0 Å². The Morgan fingerprint density at radius 3 is 2.44 bits per heavy atom. The van der Waals surface area contributed by atoms with E-state index in [1.54, 1.807) is 13.8 Å². The van der Waals surface area contributed by atoms with Crippen molar-refractivity contribution < 1.29 is 14.3 Å². The predicted molar refractivity (Wildman–Crippen MR) is 96.2 cm³/mol. The summed E-state index contributed by atoms with van der Waals surface area (Å²) in [7, 11) is 0. The zero-order valence-corrected chi connectivity index (χ0v) is 14.2. The third-order valence-corrected chi connectivity index (χ3v) is 3.15. The lowest BCUT2D eigenvalue weighted by Crippen LogP contribution is -2.41. The standard InChI is InChI=1S/C19H21N3O3/c1-14(2)21-18(23)19(24)22-20-12-16-10-6-7-11-17(16)25-13-15-8-4-3-5-9-15/h3-12,14H,13H2,1-2H3,(H,21,23)(H,22,24)/b20-12+. The lowest BCUT2D eigenvalue weighted by Gasteiger charge is -2.09. The van der Waals surface area contributed by atoms with Gasteiger partial charge in [-0.05, 0) is 31.5 Å². The van der Waals surface area contributed by atoms with Gasteiger partial charge in [-0.1, -0.05) is 42.5 Å². The molecule has 0 saturated carbocycles. The minimum atomic E-state index is -0.812. The van der Waals surface area contributed by atoms with Crippen molar-refractivity contribution in [2.24, 2.45) is 5.10 Å². The summed E-state index contributed by atoms with van der Waals surface area (Å²) >= 11 is 0. The first-order valence-electron chi connectivity index (χ1n) is 7.96. The van der Waals surface area contributed by atoms with Gasteiger partial charge in [-0.2, -0.15) is 5.10 Å². The first-order valence-corrected chi connectivity index (χ1v) is 7.96. The molecule has 0 atom stereocenters. The molecule has 2 amide bonds. The monoisotopic (exact) mass is 339 g/mol. The molecule has 130 valence electrons. The van der Waals surface area contributed by atoms with Crippen molar-refractivity contribution in [2.75, 3.05) is 0 Å². The zero-order valence-electron chi connectivity index (χ0n) is 14.2. The van der Waals surface area contributed by atoms with Crippen LogP contribution in [0.25, 0.3) is 0 Å². The second-order valence-electron chi connectivity index (χ2n) is 5.64. The molecule has 2 aromatic rings. The summed E-state index contributed by atoms with van der Waals surface area (Å²) in [5.74, 6) is -0.899. The van der Waals surface area contributed by atoms with Gasteiger partial charge in [0.15, 0.2) is 0 Å². The fourth-order valence-corrected chi connectivity index (χ4v) is 1.99. The van der Waals surface area contributed by atoms with Crippen molar-refractivity contribution in [3.8, 4) is 5.75 Å². The number of carbonyl (C=O) groups excluding carboxylic acids is 2. The fraction of sp³-hybridized carbons (Fsp3) is 0.211. The molecule has 0 bridgehead atoms. The Morgan fingerprint density at radius 2 is 1.72 bits per heavy atom. The molecular weight excluding hydrogens is 318 g/mol. The van der Waals surface area contributed by atoms with Crippen molar-refractivity contribution in [1.29, 1.82) is 0 Å². The van der Waals surface area contributed by atoms with E-state index in [2.05, 4.69) is 15.8 Å². The molecular formula is C19H21N3O3. The van der Waals surface area contributed by atoms with E-state index >= 15 is 0 Å². The summed E-state index contributed by atoms with van der Waals surface area (Å²) in [5.41, 5.74) is 3.95. The van der Waals surface area contributed by atoms with Crippen LogP contribution in [0.2, 0.25) is 0 Å². The molecule has 0 fully saturated rings. The second-order valence-corrected chi connectivity index (χ2v) is 5.64. The van der Waals surface area contributed by atoms with E-state index in [1.807, 2.05) is 54.6 Å². The topological polar surface area (TPSA) is 79.8 Å². The van der Waals surface area contributed by atoms with Crippen LogP contribution >= 0.6 is 0 Å².